The summed E-state index contributed by atoms with van der Waals surface area (Å²) >= 11 is 0. The summed E-state index contributed by atoms with van der Waals surface area (Å²) < 4.78 is 10.7. The number of Topliss-reactive ketones (excluding diaryl/α,β-unsaturated/α-hetero) is 1. The lowest BCUT2D eigenvalue weighted by molar-refractivity contribution is -0.141. The van der Waals surface area contributed by atoms with Crippen LogP contribution in [-0.4, -0.2) is 18.9 Å². The molecule has 0 amide bonds. The highest BCUT2D eigenvalue weighted by Crippen LogP contribution is 2.39. The van der Waals surface area contributed by atoms with Crippen LogP contribution in [0.4, 0.5) is 0 Å². The predicted octanol–water partition coefficient (Wildman–Crippen LogP) is 3.11. The van der Waals surface area contributed by atoms with Crippen molar-refractivity contribution in [2.45, 2.75) is 25.4 Å². The van der Waals surface area contributed by atoms with Gasteiger partial charge in [-0.3, -0.25) is 9.59 Å². The Balaban J connectivity index is 1.85. The molecule has 0 spiro atoms. The van der Waals surface area contributed by atoms with Gasteiger partial charge in [-0.05, 0) is 18.1 Å². The Kier molecular flexibility index (Phi) is 4.09. The van der Waals surface area contributed by atoms with E-state index in [1.165, 1.54) is 7.11 Å². The van der Waals surface area contributed by atoms with Crippen LogP contribution in [0.5, 0.6) is 0 Å². The van der Waals surface area contributed by atoms with E-state index in [9.17, 15) is 9.59 Å². The highest BCUT2D eigenvalue weighted by atomic mass is 16.5. The van der Waals surface area contributed by atoms with Crippen molar-refractivity contribution in [3.63, 3.8) is 0 Å². The number of methoxy groups -OCH3 is 1. The van der Waals surface area contributed by atoms with E-state index in [4.69, 9.17) is 9.47 Å². The maximum absolute atomic E-state index is 12.6. The summed E-state index contributed by atoms with van der Waals surface area (Å²) in [7, 11) is 1.36. The zero-order chi connectivity index (χ0) is 15.5. The lowest BCUT2D eigenvalue weighted by Crippen LogP contribution is -2.27. The molecule has 0 saturated heterocycles. The molecule has 2 aliphatic rings. The van der Waals surface area contributed by atoms with E-state index in [1.807, 2.05) is 42.5 Å². The Morgan fingerprint density at radius 3 is 2.82 bits per heavy atom. The van der Waals surface area contributed by atoms with Crippen LogP contribution in [0.2, 0.25) is 0 Å². The molecule has 2 atom stereocenters. The molecule has 1 heterocycles. The van der Waals surface area contributed by atoms with Gasteiger partial charge in [0.15, 0.2) is 5.78 Å². The topological polar surface area (TPSA) is 52.6 Å². The number of allylic oxidation sites excluding steroid dienone is 3. The van der Waals surface area contributed by atoms with Crippen molar-refractivity contribution in [2.24, 2.45) is 5.92 Å². The number of carbonyl (C=O) groups is 2. The Hall–Kier alpha value is -2.36. The van der Waals surface area contributed by atoms with Crippen LogP contribution in [0, 0.1) is 5.92 Å². The number of hydrogen-bond acceptors (Lipinski definition) is 4. The molecule has 0 aromatic heterocycles. The fourth-order valence-electron chi connectivity index (χ4n) is 3.01. The molecule has 0 N–H and O–H groups in total. The van der Waals surface area contributed by atoms with Crippen molar-refractivity contribution in [3.05, 3.63) is 59.4 Å². The van der Waals surface area contributed by atoms with Gasteiger partial charge in [-0.15, -0.1) is 0 Å². The lowest BCUT2D eigenvalue weighted by Gasteiger charge is -2.31. The van der Waals surface area contributed by atoms with Crippen LogP contribution in [0.3, 0.4) is 0 Å². The maximum Gasteiger partial charge on any atom is 0.306 e. The van der Waals surface area contributed by atoms with Gasteiger partial charge < -0.3 is 9.47 Å². The van der Waals surface area contributed by atoms with Gasteiger partial charge in [0.2, 0.25) is 0 Å². The molecule has 4 heteroatoms. The van der Waals surface area contributed by atoms with Crippen LogP contribution in [0.1, 0.15) is 30.9 Å². The van der Waals surface area contributed by atoms with Gasteiger partial charge in [-0.2, -0.15) is 0 Å². The highest BCUT2D eigenvalue weighted by molar-refractivity contribution is 5.98. The molecule has 22 heavy (non-hydrogen) atoms. The van der Waals surface area contributed by atoms with Gasteiger partial charge in [0, 0.05) is 11.5 Å². The van der Waals surface area contributed by atoms with Crippen LogP contribution < -0.4 is 0 Å². The second kappa shape index (κ2) is 6.18. The molecule has 1 aromatic rings. The molecule has 1 aliphatic heterocycles. The SMILES string of the molecule is COC(=O)C[C@H]1CC=CC2=C1C(=O)CC(c1ccccc1)O2. The fraction of sp³-hybridized carbons (Fsp3) is 0.333. The van der Waals surface area contributed by atoms with E-state index in [0.717, 1.165) is 5.56 Å². The number of rotatable bonds is 3. The summed E-state index contributed by atoms with van der Waals surface area (Å²) in [5.74, 6) is 0.223. The molecular formula is C18H18O4. The molecule has 0 bridgehead atoms. The molecule has 1 aliphatic carbocycles. The first-order chi connectivity index (χ1) is 10.7. The second-order valence-corrected chi connectivity index (χ2v) is 5.54. The summed E-state index contributed by atoms with van der Waals surface area (Å²) in [5, 5.41) is 0. The number of ether oxygens (including phenoxy) is 2. The smallest absolute Gasteiger partial charge is 0.306 e. The Labute approximate surface area is 129 Å². The first-order valence-corrected chi connectivity index (χ1v) is 7.41. The number of carbonyl (C=O) groups excluding carboxylic acids is 2. The summed E-state index contributed by atoms with van der Waals surface area (Å²) in [4.78, 5) is 24.1. The summed E-state index contributed by atoms with van der Waals surface area (Å²) in [6, 6.07) is 9.73. The van der Waals surface area contributed by atoms with Gasteiger partial charge in [-0.25, -0.2) is 0 Å². The minimum Gasteiger partial charge on any atom is -0.485 e. The van der Waals surface area contributed by atoms with Gasteiger partial charge in [0.25, 0.3) is 0 Å². The number of hydrogen-bond donors (Lipinski definition) is 0. The average molecular weight is 298 g/mol. The third kappa shape index (κ3) is 2.82. The summed E-state index contributed by atoms with van der Waals surface area (Å²) in [6.07, 6.45) is 4.73. The predicted molar refractivity (Wildman–Crippen MR) is 80.8 cm³/mol. The van der Waals surface area contributed by atoms with Gasteiger partial charge >= 0.3 is 5.97 Å². The Morgan fingerprint density at radius 1 is 1.32 bits per heavy atom. The fourth-order valence-corrected chi connectivity index (χ4v) is 3.01. The molecule has 3 rings (SSSR count). The molecule has 0 fully saturated rings. The summed E-state index contributed by atoms with van der Waals surface area (Å²) in [6.45, 7) is 0. The highest BCUT2D eigenvalue weighted by Gasteiger charge is 2.35. The standard InChI is InChI=1S/C18H18O4/c1-21-17(20)10-13-8-5-9-15-18(13)14(19)11-16(22-15)12-6-3-2-4-7-12/h2-7,9,13,16H,8,10-11H2,1H3/t13-,16?/m1/s1. The van der Waals surface area contributed by atoms with Crippen molar-refractivity contribution in [2.75, 3.05) is 7.11 Å². The molecule has 0 saturated carbocycles. The Morgan fingerprint density at radius 2 is 2.09 bits per heavy atom. The van der Waals surface area contributed by atoms with Crippen molar-refractivity contribution in [1.29, 1.82) is 0 Å². The minimum absolute atomic E-state index is 0.0633. The van der Waals surface area contributed by atoms with Crippen molar-refractivity contribution >= 4 is 11.8 Å². The lowest BCUT2D eigenvalue weighted by atomic mass is 9.82. The molecular weight excluding hydrogens is 280 g/mol. The van der Waals surface area contributed by atoms with Crippen molar-refractivity contribution < 1.29 is 19.1 Å². The average Bonchev–Trinajstić information content (AvgIpc) is 2.55. The van der Waals surface area contributed by atoms with E-state index in [0.29, 0.717) is 24.2 Å². The third-order valence-corrected chi connectivity index (χ3v) is 4.12. The maximum atomic E-state index is 12.6. The van der Waals surface area contributed by atoms with Crippen molar-refractivity contribution in [3.8, 4) is 0 Å². The minimum atomic E-state index is -0.301. The normalized spacial score (nSPS) is 23.8. The van der Waals surface area contributed by atoms with Crippen molar-refractivity contribution in [1.82, 2.24) is 0 Å². The van der Waals surface area contributed by atoms with E-state index in [2.05, 4.69) is 0 Å². The second-order valence-electron chi connectivity index (χ2n) is 5.54. The van der Waals surface area contributed by atoms with Gasteiger partial charge in [0.1, 0.15) is 11.9 Å². The molecule has 4 nitrogen and oxygen atoms in total. The Bertz CT molecular complexity index is 642. The molecule has 1 aromatic carbocycles. The zero-order valence-electron chi connectivity index (χ0n) is 12.5. The third-order valence-electron chi connectivity index (χ3n) is 4.12. The van der Waals surface area contributed by atoms with Crippen LogP contribution in [-0.2, 0) is 19.1 Å². The zero-order valence-corrected chi connectivity index (χ0v) is 12.5. The van der Waals surface area contributed by atoms with Gasteiger partial charge in [-0.1, -0.05) is 36.4 Å². The van der Waals surface area contributed by atoms with E-state index in [-0.39, 0.29) is 30.2 Å². The number of ketones is 1. The molecule has 0 radical (unpaired) electrons. The van der Waals surface area contributed by atoms with Crippen LogP contribution in [0.25, 0.3) is 0 Å². The van der Waals surface area contributed by atoms with E-state index in [1.54, 1.807) is 0 Å². The number of benzene rings is 1. The molecule has 1 unspecified atom stereocenters. The number of esters is 1. The molecule has 114 valence electrons. The first-order valence-electron chi connectivity index (χ1n) is 7.41. The van der Waals surface area contributed by atoms with Gasteiger partial charge in [0.05, 0.1) is 20.0 Å². The first kappa shape index (κ1) is 14.6. The largest absolute Gasteiger partial charge is 0.485 e. The monoisotopic (exact) mass is 298 g/mol. The summed E-state index contributed by atoms with van der Waals surface area (Å²) in [5.41, 5.74) is 1.63. The van der Waals surface area contributed by atoms with E-state index >= 15 is 0 Å². The quantitative estimate of drug-likeness (QED) is 0.805. The van der Waals surface area contributed by atoms with Crippen LogP contribution in [0.15, 0.2) is 53.8 Å². The van der Waals surface area contributed by atoms with Crippen LogP contribution >= 0.6 is 0 Å². The van der Waals surface area contributed by atoms with E-state index < -0.39 is 0 Å².